The van der Waals surface area contributed by atoms with Gasteiger partial charge < -0.3 is 9.57 Å². The van der Waals surface area contributed by atoms with Crippen LogP contribution in [0.4, 0.5) is 0 Å². The summed E-state index contributed by atoms with van der Waals surface area (Å²) < 4.78 is 4.74. The summed E-state index contributed by atoms with van der Waals surface area (Å²) in [4.78, 5) is 17.0. The van der Waals surface area contributed by atoms with Crippen LogP contribution >= 0.6 is 0 Å². The SMILES string of the molecule is CC/C(C)=N\O[C@H](C)c1ccccc1C(=O)OC. The minimum atomic E-state index is -0.364. The van der Waals surface area contributed by atoms with E-state index in [9.17, 15) is 4.79 Å². The van der Waals surface area contributed by atoms with Gasteiger partial charge in [-0.05, 0) is 26.3 Å². The standard InChI is InChI=1S/C14H19NO3/c1-5-10(2)15-18-11(3)12-8-6-7-9-13(12)14(16)17-4/h6-9,11H,5H2,1-4H3/b15-10-/t11-/m1/s1. The highest BCUT2D eigenvalue weighted by Gasteiger charge is 2.17. The highest BCUT2D eigenvalue weighted by atomic mass is 16.6. The second kappa shape index (κ2) is 6.79. The Morgan fingerprint density at radius 3 is 2.67 bits per heavy atom. The van der Waals surface area contributed by atoms with Gasteiger partial charge in [0.2, 0.25) is 0 Å². The lowest BCUT2D eigenvalue weighted by Gasteiger charge is -2.14. The first-order valence-corrected chi connectivity index (χ1v) is 5.96. The van der Waals surface area contributed by atoms with Gasteiger partial charge >= 0.3 is 5.97 Å². The number of methoxy groups -OCH3 is 1. The van der Waals surface area contributed by atoms with Crippen molar-refractivity contribution in [2.45, 2.75) is 33.3 Å². The largest absolute Gasteiger partial charge is 0.465 e. The fourth-order valence-corrected chi connectivity index (χ4v) is 1.44. The van der Waals surface area contributed by atoms with Crippen molar-refractivity contribution >= 4 is 11.7 Å². The predicted octanol–water partition coefficient (Wildman–Crippen LogP) is 3.34. The van der Waals surface area contributed by atoms with Gasteiger partial charge in [0.15, 0.2) is 6.10 Å². The molecule has 0 N–H and O–H groups in total. The van der Waals surface area contributed by atoms with Crippen molar-refractivity contribution in [3.63, 3.8) is 0 Å². The van der Waals surface area contributed by atoms with Gasteiger partial charge in [-0.15, -0.1) is 0 Å². The maximum Gasteiger partial charge on any atom is 0.338 e. The number of oxime groups is 1. The lowest BCUT2D eigenvalue weighted by Crippen LogP contribution is -2.09. The van der Waals surface area contributed by atoms with E-state index in [1.807, 2.05) is 32.9 Å². The molecule has 0 fully saturated rings. The van der Waals surface area contributed by atoms with Crippen molar-refractivity contribution in [3.8, 4) is 0 Å². The number of hydrogen-bond acceptors (Lipinski definition) is 4. The number of carbonyl (C=O) groups is 1. The zero-order valence-corrected chi connectivity index (χ0v) is 11.3. The van der Waals surface area contributed by atoms with Crippen molar-refractivity contribution in [2.24, 2.45) is 5.16 Å². The molecule has 0 aromatic heterocycles. The lowest BCUT2D eigenvalue weighted by atomic mass is 10.0. The molecule has 1 aromatic carbocycles. The Morgan fingerprint density at radius 1 is 1.39 bits per heavy atom. The number of rotatable bonds is 5. The van der Waals surface area contributed by atoms with E-state index in [0.717, 1.165) is 17.7 Å². The third-order valence-electron chi connectivity index (χ3n) is 2.68. The number of nitrogens with zero attached hydrogens (tertiary/aromatic N) is 1. The van der Waals surface area contributed by atoms with E-state index in [1.54, 1.807) is 12.1 Å². The first-order valence-electron chi connectivity index (χ1n) is 5.96. The quantitative estimate of drug-likeness (QED) is 0.457. The van der Waals surface area contributed by atoms with Crippen LogP contribution in [0.5, 0.6) is 0 Å². The van der Waals surface area contributed by atoms with Crippen LogP contribution in [0, 0.1) is 0 Å². The average molecular weight is 249 g/mol. The highest BCUT2D eigenvalue weighted by Crippen LogP contribution is 2.22. The molecular weight excluding hydrogens is 230 g/mol. The third kappa shape index (κ3) is 3.58. The Kier molecular flexibility index (Phi) is 5.36. The van der Waals surface area contributed by atoms with Crippen molar-refractivity contribution in [1.82, 2.24) is 0 Å². The molecule has 0 saturated carbocycles. The van der Waals surface area contributed by atoms with E-state index in [2.05, 4.69) is 5.16 Å². The molecule has 0 unspecified atom stereocenters. The molecule has 98 valence electrons. The van der Waals surface area contributed by atoms with Gasteiger partial charge in [0.1, 0.15) is 0 Å². The molecule has 0 bridgehead atoms. The predicted molar refractivity (Wildman–Crippen MR) is 70.7 cm³/mol. The molecule has 1 rings (SSSR count). The van der Waals surface area contributed by atoms with Gasteiger partial charge in [0, 0.05) is 5.56 Å². The molecule has 4 heteroatoms. The maximum absolute atomic E-state index is 11.6. The summed E-state index contributed by atoms with van der Waals surface area (Å²) in [6, 6.07) is 7.21. The van der Waals surface area contributed by atoms with Crippen LogP contribution in [-0.2, 0) is 9.57 Å². The van der Waals surface area contributed by atoms with Crippen molar-refractivity contribution in [1.29, 1.82) is 0 Å². The number of esters is 1. The topological polar surface area (TPSA) is 47.9 Å². The van der Waals surface area contributed by atoms with Crippen LogP contribution in [0.2, 0.25) is 0 Å². The fraction of sp³-hybridized carbons (Fsp3) is 0.429. The molecule has 0 amide bonds. The molecule has 0 aliphatic heterocycles. The molecule has 0 aliphatic carbocycles. The summed E-state index contributed by atoms with van der Waals surface area (Å²) >= 11 is 0. The minimum absolute atomic E-state index is 0.290. The summed E-state index contributed by atoms with van der Waals surface area (Å²) in [5.41, 5.74) is 2.20. The van der Waals surface area contributed by atoms with E-state index in [4.69, 9.17) is 9.57 Å². The first-order chi connectivity index (χ1) is 8.60. The summed E-state index contributed by atoms with van der Waals surface area (Å²) in [5, 5.41) is 4.01. The van der Waals surface area contributed by atoms with E-state index in [0.29, 0.717) is 5.56 Å². The second-order valence-electron chi connectivity index (χ2n) is 4.01. The number of benzene rings is 1. The molecule has 18 heavy (non-hydrogen) atoms. The molecule has 0 radical (unpaired) electrons. The van der Waals surface area contributed by atoms with Crippen LogP contribution in [-0.4, -0.2) is 18.8 Å². The molecule has 1 atom stereocenters. The monoisotopic (exact) mass is 249 g/mol. The molecule has 0 saturated heterocycles. The van der Waals surface area contributed by atoms with Crippen molar-refractivity contribution < 1.29 is 14.4 Å². The summed E-state index contributed by atoms with van der Waals surface area (Å²) in [7, 11) is 1.37. The fourth-order valence-electron chi connectivity index (χ4n) is 1.44. The van der Waals surface area contributed by atoms with Crippen LogP contribution in [0.3, 0.4) is 0 Å². The minimum Gasteiger partial charge on any atom is -0.465 e. The third-order valence-corrected chi connectivity index (χ3v) is 2.68. The zero-order valence-electron chi connectivity index (χ0n) is 11.3. The normalized spacial score (nSPS) is 13.0. The Morgan fingerprint density at radius 2 is 2.06 bits per heavy atom. The number of hydrogen-bond donors (Lipinski definition) is 0. The van der Waals surface area contributed by atoms with Gasteiger partial charge in [-0.3, -0.25) is 0 Å². The Balaban J connectivity index is 2.92. The Labute approximate surface area is 108 Å². The second-order valence-corrected chi connectivity index (χ2v) is 4.01. The van der Waals surface area contributed by atoms with Gasteiger partial charge in [-0.2, -0.15) is 0 Å². The number of carbonyl (C=O) groups excluding carboxylic acids is 1. The van der Waals surface area contributed by atoms with E-state index >= 15 is 0 Å². The van der Waals surface area contributed by atoms with E-state index in [-0.39, 0.29) is 12.1 Å². The van der Waals surface area contributed by atoms with E-state index in [1.165, 1.54) is 7.11 Å². The number of ether oxygens (including phenoxy) is 1. The van der Waals surface area contributed by atoms with Gasteiger partial charge in [-0.25, -0.2) is 4.79 Å². The summed E-state index contributed by atoms with van der Waals surface area (Å²) in [6.07, 6.45) is 0.549. The van der Waals surface area contributed by atoms with Crippen LogP contribution in [0.15, 0.2) is 29.4 Å². The van der Waals surface area contributed by atoms with Crippen molar-refractivity contribution in [3.05, 3.63) is 35.4 Å². The highest BCUT2D eigenvalue weighted by molar-refractivity contribution is 5.91. The Hall–Kier alpha value is -1.84. The van der Waals surface area contributed by atoms with Crippen LogP contribution < -0.4 is 0 Å². The lowest BCUT2D eigenvalue weighted by molar-refractivity contribution is 0.0559. The van der Waals surface area contributed by atoms with Crippen LogP contribution in [0.1, 0.15) is 49.2 Å². The van der Waals surface area contributed by atoms with Gasteiger partial charge in [-0.1, -0.05) is 30.3 Å². The Bertz CT molecular complexity index is 440. The maximum atomic E-state index is 11.6. The molecular formula is C14H19NO3. The van der Waals surface area contributed by atoms with Crippen LogP contribution in [0.25, 0.3) is 0 Å². The molecule has 4 nitrogen and oxygen atoms in total. The van der Waals surface area contributed by atoms with Gasteiger partial charge in [0.25, 0.3) is 0 Å². The molecule has 0 aliphatic rings. The summed E-state index contributed by atoms with van der Waals surface area (Å²) in [6.45, 7) is 5.77. The average Bonchev–Trinajstić information content (AvgIpc) is 2.43. The van der Waals surface area contributed by atoms with Crippen molar-refractivity contribution in [2.75, 3.05) is 7.11 Å². The summed E-state index contributed by atoms with van der Waals surface area (Å²) in [5.74, 6) is -0.364. The smallest absolute Gasteiger partial charge is 0.338 e. The molecule has 1 aromatic rings. The molecule has 0 spiro atoms. The zero-order chi connectivity index (χ0) is 13.5. The molecule has 0 heterocycles. The van der Waals surface area contributed by atoms with Gasteiger partial charge in [0.05, 0.1) is 18.4 Å². The van der Waals surface area contributed by atoms with E-state index < -0.39 is 0 Å². The first kappa shape index (κ1) is 14.2.